The summed E-state index contributed by atoms with van der Waals surface area (Å²) in [6.07, 6.45) is 7.10. The topological polar surface area (TPSA) is 116 Å². The SMILES string of the molecule is COC(=O)c1ccc2nc(CN3CCC(n4ccc(OCc5ccc(Cl)cc5F)n4)CC3)n(Cc3cnc[nH]3)c2n1. The molecule has 1 aromatic carbocycles. The minimum Gasteiger partial charge on any atom is -0.472 e. The molecule has 212 valence electrons. The number of ether oxygens (including phenoxy) is 2. The van der Waals surface area contributed by atoms with Gasteiger partial charge < -0.3 is 19.0 Å². The fourth-order valence-electron chi connectivity index (χ4n) is 5.03. The Morgan fingerprint density at radius 3 is 2.76 bits per heavy atom. The zero-order valence-corrected chi connectivity index (χ0v) is 23.1. The van der Waals surface area contributed by atoms with Crippen LogP contribution >= 0.6 is 11.6 Å². The predicted octanol–water partition coefficient (Wildman–Crippen LogP) is 4.39. The Hall–Kier alpha value is -4.29. The summed E-state index contributed by atoms with van der Waals surface area (Å²) in [4.78, 5) is 31.1. The highest BCUT2D eigenvalue weighted by atomic mass is 35.5. The van der Waals surface area contributed by atoms with Crippen LogP contribution in [0.4, 0.5) is 4.39 Å². The molecule has 0 amide bonds. The first-order chi connectivity index (χ1) is 20.0. The molecule has 11 nitrogen and oxygen atoms in total. The molecule has 1 aliphatic rings. The fraction of sp³-hybridized carbons (Fsp3) is 0.321. The number of halogens is 2. The van der Waals surface area contributed by atoms with E-state index in [0.29, 0.717) is 40.7 Å². The Kier molecular flexibility index (Phi) is 7.66. The normalized spacial score (nSPS) is 14.5. The second-order valence-corrected chi connectivity index (χ2v) is 10.3. The van der Waals surface area contributed by atoms with Crippen LogP contribution in [-0.4, -0.2) is 65.4 Å². The third-order valence-electron chi connectivity index (χ3n) is 7.22. The molecule has 0 unspecified atom stereocenters. The van der Waals surface area contributed by atoms with E-state index in [1.807, 2.05) is 15.4 Å². The molecule has 0 radical (unpaired) electrons. The number of hydrogen-bond acceptors (Lipinski definition) is 8. The van der Waals surface area contributed by atoms with Gasteiger partial charge in [0.05, 0.1) is 38.3 Å². The number of benzene rings is 1. The van der Waals surface area contributed by atoms with Crippen molar-refractivity contribution in [3.63, 3.8) is 0 Å². The van der Waals surface area contributed by atoms with Crippen molar-refractivity contribution >= 4 is 28.7 Å². The summed E-state index contributed by atoms with van der Waals surface area (Å²) in [5.74, 6) is 0.413. The molecular formula is C28H28ClFN8O3. The second-order valence-electron chi connectivity index (χ2n) is 9.89. The molecule has 5 aromatic rings. The van der Waals surface area contributed by atoms with Crippen LogP contribution in [0, 0.1) is 5.82 Å². The van der Waals surface area contributed by atoms with Crippen molar-refractivity contribution < 1.29 is 18.7 Å². The van der Waals surface area contributed by atoms with Crippen LogP contribution in [0.25, 0.3) is 11.2 Å². The summed E-state index contributed by atoms with van der Waals surface area (Å²) >= 11 is 5.83. The van der Waals surface area contributed by atoms with Crippen molar-refractivity contribution in [2.24, 2.45) is 0 Å². The van der Waals surface area contributed by atoms with Crippen molar-refractivity contribution in [2.75, 3.05) is 20.2 Å². The van der Waals surface area contributed by atoms with Crippen LogP contribution in [-0.2, 0) is 24.4 Å². The molecule has 0 saturated carbocycles. The molecule has 4 aromatic heterocycles. The van der Waals surface area contributed by atoms with Crippen molar-refractivity contribution in [2.45, 2.75) is 38.6 Å². The summed E-state index contributed by atoms with van der Waals surface area (Å²) in [5.41, 5.74) is 2.90. The zero-order valence-electron chi connectivity index (χ0n) is 22.3. The number of aromatic amines is 1. The summed E-state index contributed by atoms with van der Waals surface area (Å²) in [5, 5.41) is 4.92. The third kappa shape index (κ3) is 5.93. The Labute approximate surface area is 239 Å². The number of carbonyl (C=O) groups excluding carboxylic acids is 1. The van der Waals surface area contributed by atoms with E-state index in [1.54, 1.807) is 42.9 Å². The van der Waals surface area contributed by atoms with Crippen LogP contribution in [0.1, 0.15) is 46.5 Å². The van der Waals surface area contributed by atoms with Gasteiger partial charge in [-0.15, -0.1) is 5.10 Å². The van der Waals surface area contributed by atoms with Crippen molar-refractivity contribution in [1.82, 2.24) is 39.2 Å². The van der Waals surface area contributed by atoms with Gasteiger partial charge in [0, 0.05) is 42.1 Å². The van der Waals surface area contributed by atoms with E-state index in [-0.39, 0.29) is 18.3 Å². The van der Waals surface area contributed by atoms with Gasteiger partial charge in [0.1, 0.15) is 23.8 Å². The highest BCUT2D eigenvalue weighted by Crippen LogP contribution is 2.26. The third-order valence-corrected chi connectivity index (χ3v) is 7.46. The van der Waals surface area contributed by atoms with Crippen LogP contribution in [0.5, 0.6) is 5.88 Å². The highest BCUT2D eigenvalue weighted by molar-refractivity contribution is 6.30. The smallest absolute Gasteiger partial charge is 0.356 e. The van der Waals surface area contributed by atoms with Gasteiger partial charge in [-0.3, -0.25) is 9.58 Å². The number of carbonyl (C=O) groups is 1. The average Bonchev–Trinajstić information content (AvgIpc) is 3.74. The first kappa shape index (κ1) is 26.9. The number of piperidine rings is 1. The lowest BCUT2D eigenvalue weighted by Crippen LogP contribution is -2.35. The molecule has 41 heavy (non-hydrogen) atoms. The molecule has 0 bridgehead atoms. The summed E-state index contributed by atoms with van der Waals surface area (Å²) in [6, 6.07) is 9.98. The number of imidazole rings is 2. The standard InChI is InChI=1S/C28H28ClFN8O3/c1-40-28(39)24-5-4-23-27(34-24)37(14-20-13-31-17-32-20)25(33-23)15-36-9-6-21(7-10-36)38-11-8-26(35-38)41-16-18-2-3-19(29)12-22(18)30/h2-5,8,11-13,17,21H,6-7,9-10,14-16H2,1H3,(H,31,32). The van der Waals surface area contributed by atoms with Gasteiger partial charge in [0.2, 0.25) is 5.88 Å². The molecular weight excluding hydrogens is 551 g/mol. The van der Waals surface area contributed by atoms with E-state index in [0.717, 1.165) is 37.4 Å². The average molecular weight is 579 g/mol. The van der Waals surface area contributed by atoms with Crippen molar-refractivity contribution in [3.05, 3.63) is 88.7 Å². The second kappa shape index (κ2) is 11.7. The monoisotopic (exact) mass is 578 g/mol. The summed E-state index contributed by atoms with van der Waals surface area (Å²) in [7, 11) is 1.34. The first-order valence-corrected chi connectivity index (χ1v) is 13.6. The Bertz CT molecular complexity index is 1660. The lowest BCUT2D eigenvalue weighted by atomic mass is 10.1. The van der Waals surface area contributed by atoms with Crippen molar-refractivity contribution in [1.29, 1.82) is 0 Å². The lowest BCUT2D eigenvalue weighted by Gasteiger charge is -2.31. The molecule has 1 aliphatic heterocycles. The molecule has 1 N–H and O–H groups in total. The van der Waals surface area contributed by atoms with Gasteiger partial charge in [0.25, 0.3) is 0 Å². The number of methoxy groups -OCH3 is 1. The van der Waals surface area contributed by atoms with E-state index < -0.39 is 11.8 Å². The molecule has 1 saturated heterocycles. The maximum Gasteiger partial charge on any atom is 0.356 e. The maximum atomic E-state index is 14.1. The number of pyridine rings is 1. The number of esters is 1. The summed E-state index contributed by atoms with van der Waals surface area (Å²) < 4.78 is 28.6. The minimum absolute atomic E-state index is 0.0774. The fourth-order valence-corrected chi connectivity index (χ4v) is 5.19. The van der Waals surface area contributed by atoms with Gasteiger partial charge in [-0.05, 0) is 37.1 Å². The number of likely N-dealkylation sites (tertiary alicyclic amines) is 1. The number of H-pyrrole nitrogens is 1. The zero-order chi connectivity index (χ0) is 28.3. The largest absolute Gasteiger partial charge is 0.472 e. The number of hydrogen-bond donors (Lipinski definition) is 1. The van der Waals surface area contributed by atoms with Gasteiger partial charge >= 0.3 is 5.97 Å². The van der Waals surface area contributed by atoms with Gasteiger partial charge in [0.15, 0.2) is 11.3 Å². The van der Waals surface area contributed by atoms with Gasteiger partial charge in [-0.2, -0.15) is 0 Å². The quantitative estimate of drug-likeness (QED) is 0.256. The molecule has 6 rings (SSSR count). The lowest BCUT2D eigenvalue weighted by molar-refractivity contribution is 0.0594. The Morgan fingerprint density at radius 2 is 2.00 bits per heavy atom. The number of nitrogens with zero attached hydrogens (tertiary/aromatic N) is 7. The Morgan fingerprint density at radius 1 is 1.15 bits per heavy atom. The van der Waals surface area contributed by atoms with E-state index in [1.165, 1.54) is 13.2 Å². The molecule has 0 aliphatic carbocycles. The number of rotatable bonds is 9. The van der Waals surface area contributed by atoms with Crippen LogP contribution < -0.4 is 4.74 Å². The molecule has 5 heterocycles. The number of aromatic nitrogens is 7. The van der Waals surface area contributed by atoms with Gasteiger partial charge in [-0.1, -0.05) is 17.7 Å². The van der Waals surface area contributed by atoms with Crippen LogP contribution in [0.3, 0.4) is 0 Å². The minimum atomic E-state index is -0.492. The molecule has 0 atom stereocenters. The highest BCUT2D eigenvalue weighted by Gasteiger charge is 2.24. The van der Waals surface area contributed by atoms with E-state index >= 15 is 0 Å². The summed E-state index contributed by atoms with van der Waals surface area (Å²) in [6.45, 7) is 2.91. The molecule has 0 spiro atoms. The van der Waals surface area contributed by atoms with E-state index in [9.17, 15) is 9.18 Å². The van der Waals surface area contributed by atoms with E-state index in [4.69, 9.17) is 26.1 Å². The van der Waals surface area contributed by atoms with E-state index in [2.05, 4.69) is 25.0 Å². The number of nitrogens with one attached hydrogen (secondary N) is 1. The molecule has 1 fully saturated rings. The number of fused-ring (bicyclic) bond motifs is 1. The first-order valence-electron chi connectivity index (χ1n) is 13.2. The maximum absolute atomic E-state index is 14.1. The van der Waals surface area contributed by atoms with Gasteiger partial charge in [-0.25, -0.2) is 24.1 Å². The van der Waals surface area contributed by atoms with Crippen LogP contribution in [0.2, 0.25) is 5.02 Å². The van der Waals surface area contributed by atoms with Crippen LogP contribution in [0.15, 0.2) is 55.1 Å². The van der Waals surface area contributed by atoms with Crippen molar-refractivity contribution in [3.8, 4) is 5.88 Å². The predicted molar refractivity (Wildman–Crippen MR) is 148 cm³/mol. The molecule has 13 heteroatoms. The Balaban J connectivity index is 1.11.